The zero-order valence-electron chi connectivity index (χ0n) is 6.51. The summed E-state index contributed by atoms with van der Waals surface area (Å²) in [5.41, 5.74) is 1.77. The average Bonchev–Trinajstić information content (AvgIpc) is 2.47. The van der Waals surface area contributed by atoms with Crippen LogP contribution in [0.3, 0.4) is 0 Å². The van der Waals surface area contributed by atoms with Gasteiger partial charge in [0, 0.05) is 15.4 Å². The Kier molecular flexibility index (Phi) is 2.57. The Labute approximate surface area is 96.8 Å². The molecule has 2 rings (SSSR count). The number of rotatable bonds is 1. The van der Waals surface area contributed by atoms with Crippen molar-refractivity contribution in [1.82, 2.24) is 10.2 Å². The van der Waals surface area contributed by atoms with Crippen molar-refractivity contribution < 1.29 is 5.11 Å². The fraction of sp³-hybridized carbons (Fsp3) is 0.125. The van der Waals surface area contributed by atoms with Crippen LogP contribution in [-0.2, 0) is 6.61 Å². The van der Waals surface area contributed by atoms with E-state index in [1.807, 2.05) is 12.1 Å². The van der Waals surface area contributed by atoms with Gasteiger partial charge < -0.3 is 5.11 Å². The van der Waals surface area contributed by atoms with E-state index in [9.17, 15) is 0 Å². The van der Waals surface area contributed by atoms with Crippen LogP contribution in [0.4, 0.5) is 0 Å². The molecule has 0 amide bonds. The van der Waals surface area contributed by atoms with Crippen LogP contribution in [0.2, 0.25) is 0 Å². The molecule has 0 radical (unpaired) electrons. The summed E-state index contributed by atoms with van der Waals surface area (Å²) in [7, 11) is 0. The summed E-state index contributed by atoms with van der Waals surface area (Å²) in [5, 5.41) is 17.1. The maximum absolute atomic E-state index is 9.10. The van der Waals surface area contributed by atoms with Gasteiger partial charge in [0.25, 0.3) is 0 Å². The molecule has 68 valence electrons. The van der Waals surface area contributed by atoms with E-state index in [2.05, 4.69) is 48.7 Å². The van der Waals surface area contributed by atoms with Gasteiger partial charge in [0.1, 0.15) is 3.70 Å². The Morgan fingerprint density at radius 2 is 2.31 bits per heavy atom. The summed E-state index contributed by atoms with van der Waals surface area (Å²) in [4.78, 5) is 0. The molecule has 0 aliphatic carbocycles. The zero-order valence-corrected chi connectivity index (χ0v) is 10.3. The summed E-state index contributed by atoms with van der Waals surface area (Å²) in [5.74, 6) is 0. The predicted molar refractivity (Wildman–Crippen MR) is 62.4 cm³/mol. The molecule has 0 saturated carbocycles. The van der Waals surface area contributed by atoms with Gasteiger partial charge in [-0.3, -0.25) is 5.10 Å². The van der Waals surface area contributed by atoms with E-state index in [1.165, 1.54) is 0 Å². The number of fused-ring (bicyclic) bond motifs is 1. The van der Waals surface area contributed by atoms with E-state index in [4.69, 9.17) is 5.11 Å². The van der Waals surface area contributed by atoms with Crippen LogP contribution in [0.25, 0.3) is 10.9 Å². The molecule has 0 spiro atoms. The molecule has 1 aromatic carbocycles. The minimum atomic E-state index is 0.0220. The van der Waals surface area contributed by atoms with Gasteiger partial charge in [-0.2, -0.15) is 5.10 Å². The second kappa shape index (κ2) is 3.55. The van der Waals surface area contributed by atoms with E-state index in [-0.39, 0.29) is 6.61 Å². The second-order valence-electron chi connectivity index (χ2n) is 2.66. The number of aliphatic hydroxyl groups excluding tert-OH is 1. The summed E-state index contributed by atoms with van der Waals surface area (Å²) in [6.07, 6.45) is 0. The van der Waals surface area contributed by atoms with Crippen molar-refractivity contribution in [2.75, 3.05) is 0 Å². The molecule has 3 nitrogen and oxygen atoms in total. The number of aliphatic hydroxyl groups is 1. The molecule has 1 aromatic heterocycles. The first-order valence-corrected chi connectivity index (χ1v) is 5.52. The Morgan fingerprint density at radius 1 is 1.54 bits per heavy atom. The average molecular weight is 353 g/mol. The Balaban J connectivity index is 2.84. The topological polar surface area (TPSA) is 48.9 Å². The number of H-pyrrole nitrogens is 1. The van der Waals surface area contributed by atoms with E-state index in [0.29, 0.717) is 0 Å². The lowest BCUT2D eigenvalue weighted by molar-refractivity contribution is 0.283. The molecule has 0 saturated heterocycles. The largest absolute Gasteiger partial charge is 0.392 e. The molecule has 0 aliphatic heterocycles. The lowest BCUT2D eigenvalue weighted by atomic mass is 10.1. The highest BCUT2D eigenvalue weighted by Crippen LogP contribution is 2.25. The smallest absolute Gasteiger partial charge is 0.130 e. The fourth-order valence-electron chi connectivity index (χ4n) is 1.25. The number of nitrogens with one attached hydrogen (secondary N) is 1. The van der Waals surface area contributed by atoms with Crippen LogP contribution in [0.5, 0.6) is 0 Å². The molecule has 0 aliphatic rings. The number of halogens is 2. The van der Waals surface area contributed by atoms with Crippen LogP contribution >= 0.6 is 38.5 Å². The van der Waals surface area contributed by atoms with Crippen LogP contribution in [0.15, 0.2) is 16.6 Å². The number of benzene rings is 1. The normalized spacial score (nSPS) is 11.0. The maximum Gasteiger partial charge on any atom is 0.130 e. The molecule has 13 heavy (non-hydrogen) atoms. The Bertz CT molecular complexity index is 455. The number of aromatic nitrogens is 2. The monoisotopic (exact) mass is 352 g/mol. The highest BCUT2D eigenvalue weighted by Gasteiger charge is 2.07. The molecule has 0 fully saturated rings. The molecule has 5 heteroatoms. The third-order valence-corrected chi connectivity index (χ3v) is 3.12. The summed E-state index contributed by atoms with van der Waals surface area (Å²) in [6, 6.07) is 3.87. The number of aromatic amines is 1. The van der Waals surface area contributed by atoms with Gasteiger partial charge in [-0.15, -0.1) is 0 Å². The Hall–Kier alpha value is -0.140. The standard InChI is InChI=1S/C8H6BrIN2O/c9-5-1-4(3-13)7-6(2-5)8(10)12-11-7/h1-2,13H,3H2,(H,11,12). The van der Waals surface area contributed by atoms with Crippen molar-refractivity contribution >= 4 is 49.4 Å². The first-order valence-electron chi connectivity index (χ1n) is 3.65. The number of nitrogens with zero attached hydrogens (tertiary/aromatic N) is 1. The number of hydrogen-bond donors (Lipinski definition) is 2. The number of hydrogen-bond acceptors (Lipinski definition) is 2. The first kappa shape index (κ1) is 9.42. The van der Waals surface area contributed by atoms with E-state index < -0.39 is 0 Å². The van der Waals surface area contributed by atoms with Crippen molar-refractivity contribution in [2.45, 2.75) is 6.61 Å². The lowest BCUT2D eigenvalue weighted by Crippen LogP contribution is -1.85. The van der Waals surface area contributed by atoms with Crippen molar-refractivity contribution in [3.8, 4) is 0 Å². The van der Waals surface area contributed by atoms with E-state index in [1.54, 1.807) is 0 Å². The van der Waals surface area contributed by atoms with Gasteiger partial charge in [-0.25, -0.2) is 0 Å². The highest BCUT2D eigenvalue weighted by molar-refractivity contribution is 14.1. The molecule has 2 aromatic rings. The van der Waals surface area contributed by atoms with Crippen molar-refractivity contribution in [3.63, 3.8) is 0 Å². The van der Waals surface area contributed by atoms with Gasteiger partial charge >= 0.3 is 0 Å². The van der Waals surface area contributed by atoms with Gasteiger partial charge in [-0.1, -0.05) is 15.9 Å². The third kappa shape index (κ3) is 1.60. The molecule has 1 heterocycles. The molecular weight excluding hydrogens is 347 g/mol. The zero-order chi connectivity index (χ0) is 9.42. The van der Waals surface area contributed by atoms with Crippen molar-refractivity contribution in [3.05, 3.63) is 25.9 Å². The quantitative estimate of drug-likeness (QED) is 0.774. The van der Waals surface area contributed by atoms with Gasteiger partial charge in [0.05, 0.1) is 12.1 Å². The van der Waals surface area contributed by atoms with Gasteiger partial charge in [-0.05, 0) is 34.7 Å². The van der Waals surface area contributed by atoms with Gasteiger partial charge in [0.2, 0.25) is 0 Å². The fourth-order valence-corrected chi connectivity index (χ4v) is 2.30. The predicted octanol–water partition coefficient (Wildman–Crippen LogP) is 2.42. The summed E-state index contributed by atoms with van der Waals surface area (Å²) < 4.78 is 1.88. The second-order valence-corrected chi connectivity index (χ2v) is 4.60. The third-order valence-electron chi connectivity index (χ3n) is 1.84. The van der Waals surface area contributed by atoms with Crippen molar-refractivity contribution in [1.29, 1.82) is 0 Å². The van der Waals surface area contributed by atoms with Crippen LogP contribution in [-0.4, -0.2) is 15.3 Å². The summed E-state index contributed by atoms with van der Waals surface area (Å²) in [6.45, 7) is 0.0220. The maximum atomic E-state index is 9.10. The van der Waals surface area contributed by atoms with Crippen LogP contribution < -0.4 is 0 Å². The molecule has 0 bridgehead atoms. The first-order chi connectivity index (χ1) is 6.22. The SMILES string of the molecule is OCc1cc(Br)cc2c(I)n[nH]c12. The van der Waals surface area contributed by atoms with E-state index in [0.717, 1.165) is 24.6 Å². The highest BCUT2D eigenvalue weighted by atomic mass is 127. The molecule has 0 atom stereocenters. The van der Waals surface area contributed by atoms with Crippen LogP contribution in [0, 0.1) is 3.70 Å². The van der Waals surface area contributed by atoms with Crippen LogP contribution in [0.1, 0.15) is 5.56 Å². The minimum absolute atomic E-state index is 0.0220. The minimum Gasteiger partial charge on any atom is -0.392 e. The van der Waals surface area contributed by atoms with Gasteiger partial charge in [0.15, 0.2) is 0 Å². The summed E-state index contributed by atoms with van der Waals surface area (Å²) >= 11 is 5.54. The Morgan fingerprint density at radius 3 is 3.00 bits per heavy atom. The lowest BCUT2D eigenvalue weighted by Gasteiger charge is -1.99. The van der Waals surface area contributed by atoms with E-state index >= 15 is 0 Å². The molecule has 2 N–H and O–H groups in total. The molecule has 0 unspecified atom stereocenters. The van der Waals surface area contributed by atoms with Crippen molar-refractivity contribution in [2.24, 2.45) is 0 Å². The molecular formula is C8H6BrIN2O.